The van der Waals surface area contributed by atoms with E-state index in [9.17, 15) is 0 Å². The second-order valence-electron chi connectivity index (χ2n) is 8.13. The molecule has 6 aromatic rings. The molecule has 1 aliphatic rings. The van der Waals surface area contributed by atoms with Gasteiger partial charge >= 0.3 is 0 Å². The summed E-state index contributed by atoms with van der Waals surface area (Å²) in [6, 6.07) is 43.3. The zero-order chi connectivity index (χ0) is 24.6. The molecule has 0 saturated heterocycles. The van der Waals surface area contributed by atoms with Crippen LogP contribution >= 0.6 is 0 Å². The molecule has 0 N–H and O–H groups in total. The van der Waals surface area contributed by atoms with Gasteiger partial charge in [0.05, 0.1) is 0 Å². The molecule has 0 fully saturated rings. The van der Waals surface area contributed by atoms with Gasteiger partial charge in [-0.2, -0.15) is 0 Å². The number of rotatable bonds is 0. The fourth-order valence-electron chi connectivity index (χ4n) is 4.94. The van der Waals surface area contributed by atoms with Crippen molar-refractivity contribution in [1.29, 1.82) is 0 Å². The third kappa shape index (κ3) is 4.70. The maximum atomic E-state index is 2.22. The number of fused-ring (bicyclic) bond motifs is 9. The Morgan fingerprint density at radius 1 is 0.314 bits per heavy atom. The van der Waals surface area contributed by atoms with E-state index in [-0.39, 0.29) is 0 Å². The van der Waals surface area contributed by atoms with Crippen molar-refractivity contribution in [2.45, 2.75) is 34.1 Å². The Bertz CT molecular complexity index is 1290. The second-order valence-corrected chi connectivity index (χ2v) is 8.13. The molecule has 0 aliphatic heterocycles. The van der Waals surface area contributed by atoms with E-state index in [1.165, 1.54) is 54.6 Å². The summed E-state index contributed by atoms with van der Waals surface area (Å²) in [6.07, 6.45) is 1.10. The third-order valence-electron chi connectivity index (χ3n) is 6.36. The first kappa shape index (κ1) is 24.2. The summed E-state index contributed by atoms with van der Waals surface area (Å²) >= 11 is 0. The molecule has 0 nitrogen and oxygen atoms in total. The van der Waals surface area contributed by atoms with Gasteiger partial charge in [0.1, 0.15) is 0 Å². The largest absolute Gasteiger partial charge is 0.0683 e. The molecule has 0 bridgehead atoms. The van der Waals surface area contributed by atoms with E-state index in [1.807, 2.05) is 27.7 Å². The van der Waals surface area contributed by atoms with E-state index in [0.717, 1.165) is 6.42 Å². The highest BCUT2D eigenvalue weighted by atomic mass is 14.2. The van der Waals surface area contributed by atoms with E-state index in [2.05, 4.69) is 121 Å². The van der Waals surface area contributed by atoms with Gasteiger partial charge in [-0.15, -0.1) is 0 Å². The highest BCUT2D eigenvalue weighted by Crippen LogP contribution is 2.36. The van der Waals surface area contributed by atoms with Gasteiger partial charge < -0.3 is 0 Å². The second kappa shape index (κ2) is 11.5. The van der Waals surface area contributed by atoms with Gasteiger partial charge in [-0.05, 0) is 61.0 Å². The molecule has 0 atom stereocenters. The summed E-state index contributed by atoms with van der Waals surface area (Å²) in [5, 5.41) is 8.04. The maximum absolute atomic E-state index is 2.22. The molecule has 0 spiro atoms. The zero-order valence-corrected chi connectivity index (χ0v) is 21.3. The van der Waals surface area contributed by atoms with Crippen LogP contribution in [0.15, 0.2) is 121 Å². The molecular weight excluding hydrogens is 420 g/mol. The maximum Gasteiger partial charge on any atom is -0.00135 e. The molecule has 0 radical (unpaired) electrons. The first-order valence-electron chi connectivity index (χ1n) is 12.8. The lowest BCUT2D eigenvalue weighted by molar-refractivity contribution is 1.26. The Hall–Kier alpha value is -3.90. The molecule has 0 saturated carbocycles. The molecule has 0 amide bonds. The topological polar surface area (TPSA) is 0 Å². The molecule has 0 aromatic heterocycles. The van der Waals surface area contributed by atoms with Gasteiger partial charge in [0, 0.05) is 0 Å². The van der Waals surface area contributed by atoms with Crippen molar-refractivity contribution >= 4 is 32.3 Å². The Morgan fingerprint density at radius 3 is 0.829 bits per heavy atom. The lowest BCUT2D eigenvalue weighted by atomic mass is 9.95. The average Bonchev–Trinajstić information content (AvgIpc) is 3.35. The predicted octanol–water partition coefficient (Wildman–Crippen LogP) is 10.5. The first-order chi connectivity index (χ1) is 17.4. The Labute approximate surface area is 209 Å². The van der Waals surface area contributed by atoms with Crippen molar-refractivity contribution in [3.05, 3.63) is 132 Å². The van der Waals surface area contributed by atoms with E-state index in [4.69, 9.17) is 0 Å². The van der Waals surface area contributed by atoms with Gasteiger partial charge in [-0.25, -0.2) is 0 Å². The molecule has 7 rings (SSSR count). The fourth-order valence-corrected chi connectivity index (χ4v) is 4.94. The van der Waals surface area contributed by atoms with Gasteiger partial charge in [0.15, 0.2) is 0 Å². The molecule has 1 aliphatic carbocycles. The van der Waals surface area contributed by atoms with Crippen LogP contribution in [-0.2, 0) is 6.42 Å². The highest BCUT2D eigenvalue weighted by molar-refractivity contribution is 6.25. The van der Waals surface area contributed by atoms with E-state index >= 15 is 0 Å². The monoisotopic (exact) mass is 454 g/mol. The van der Waals surface area contributed by atoms with Crippen LogP contribution < -0.4 is 0 Å². The van der Waals surface area contributed by atoms with E-state index in [1.54, 1.807) is 0 Å². The van der Waals surface area contributed by atoms with Crippen LogP contribution in [0.2, 0.25) is 0 Å². The molecule has 174 valence electrons. The van der Waals surface area contributed by atoms with Crippen molar-refractivity contribution in [1.82, 2.24) is 0 Å². The normalized spacial score (nSPS) is 10.7. The predicted molar refractivity (Wildman–Crippen MR) is 156 cm³/mol. The van der Waals surface area contributed by atoms with Crippen molar-refractivity contribution in [3.63, 3.8) is 0 Å². The molecule has 0 heteroatoms. The SMILES string of the molecule is CC.CC.c1ccc2c(c1)Cc1ccccc1-2.c1ccc2c(c1)c1ccccc1c1ccccc21. The summed E-state index contributed by atoms with van der Waals surface area (Å²) in [4.78, 5) is 0. The Balaban J connectivity index is 0.000000150. The number of hydrogen-bond acceptors (Lipinski definition) is 0. The number of benzene rings is 6. The standard InChI is InChI=1S/C18H12.C13H10.2C2H6/c1-2-8-14-13(7-1)15-9-3-4-11-17(15)18-12-6-5-10-16(14)18;1-3-7-12-10(5-1)9-11-6-2-4-8-13(11)12;2*1-2/h1-12H;1-8H,9H2;2*1-2H3. The fraction of sp³-hybridized carbons (Fsp3) is 0.143. The van der Waals surface area contributed by atoms with Gasteiger partial charge in [-0.1, -0.05) is 149 Å². The summed E-state index contributed by atoms with van der Waals surface area (Å²) in [6.45, 7) is 8.00. The van der Waals surface area contributed by atoms with Crippen LogP contribution in [0, 0.1) is 0 Å². The van der Waals surface area contributed by atoms with Gasteiger partial charge in [-0.3, -0.25) is 0 Å². The number of hydrogen-bond donors (Lipinski definition) is 0. The Morgan fingerprint density at radius 2 is 0.543 bits per heavy atom. The highest BCUT2D eigenvalue weighted by Gasteiger charge is 2.15. The molecular formula is C35H34. The lowest BCUT2D eigenvalue weighted by Gasteiger charge is -2.09. The van der Waals surface area contributed by atoms with Crippen LogP contribution in [0.5, 0.6) is 0 Å². The molecule has 0 unspecified atom stereocenters. The van der Waals surface area contributed by atoms with E-state index in [0.29, 0.717) is 0 Å². The van der Waals surface area contributed by atoms with Crippen molar-refractivity contribution < 1.29 is 0 Å². The van der Waals surface area contributed by atoms with Gasteiger partial charge in [0.2, 0.25) is 0 Å². The van der Waals surface area contributed by atoms with Crippen LogP contribution in [-0.4, -0.2) is 0 Å². The zero-order valence-electron chi connectivity index (χ0n) is 21.3. The van der Waals surface area contributed by atoms with E-state index < -0.39 is 0 Å². The summed E-state index contributed by atoms with van der Waals surface area (Å²) in [5.74, 6) is 0. The summed E-state index contributed by atoms with van der Waals surface area (Å²) < 4.78 is 0. The summed E-state index contributed by atoms with van der Waals surface area (Å²) in [5.41, 5.74) is 5.75. The minimum absolute atomic E-state index is 1.10. The quantitative estimate of drug-likeness (QED) is 0.200. The van der Waals surface area contributed by atoms with Crippen molar-refractivity contribution in [2.24, 2.45) is 0 Å². The van der Waals surface area contributed by atoms with Crippen molar-refractivity contribution in [2.75, 3.05) is 0 Å². The minimum Gasteiger partial charge on any atom is -0.0683 e. The summed E-state index contributed by atoms with van der Waals surface area (Å²) in [7, 11) is 0. The molecule has 6 aromatic carbocycles. The lowest BCUT2D eigenvalue weighted by Crippen LogP contribution is -1.81. The Kier molecular flexibility index (Phi) is 7.95. The smallest absolute Gasteiger partial charge is 0.00135 e. The van der Waals surface area contributed by atoms with Crippen LogP contribution in [0.25, 0.3) is 43.4 Å². The van der Waals surface area contributed by atoms with Crippen LogP contribution in [0.3, 0.4) is 0 Å². The third-order valence-corrected chi connectivity index (χ3v) is 6.36. The minimum atomic E-state index is 1.10. The first-order valence-corrected chi connectivity index (χ1v) is 12.8. The van der Waals surface area contributed by atoms with Crippen LogP contribution in [0.4, 0.5) is 0 Å². The average molecular weight is 455 g/mol. The van der Waals surface area contributed by atoms with Crippen molar-refractivity contribution in [3.8, 4) is 11.1 Å². The van der Waals surface area contributed by atoms with Gasteiger partial charge in [0.25, 0.3) is 0 Å². The molecule has 0 heterocycles. The van der Waals surface area contributed by atoms with Crippen LogP contribution in [0.1, 0.15) is 38.8 Å². The molecule has 35 heavy (non-hydrogen) atoms.